The third-order valence-electron chi connectivity index (χ3n) is 2.80. The van der Waals surface area contributed by atoms with Crippen LogP contribution >= 0.6 is 22.9 Å². The maximum absolute atomic E-state index is 6.27. The molecule has 0 atom stereocenters. The molecule has 1 aromatic carbocycles. The molecule has 0 spiro atoms. The maximum atomic E-state index is 6.27. The summed E-state index contributed by atoms with van der Waals surface area (Å²) in [6.07, 6.45) is 1.12. The molecule has 1 nitrogen and oxygen atoms in total. The van der Waals surface area contributed by atoms with Crippen molar-refractivity contribution in [1.29, 1.82) is 0 Å². The van der Waals surface area contributed by atoms with E-state index in [1.54, 1.807) is 0 Å². The molecule has 1 N–H and O–H groups in total. The second-order valence-corrected chi connectivity index (χ2v) is 6.26. The van der Waals surface area contributed by atoms with Crippen molar-refractivity contribution in [2.45, 2.75) is 26.8 Å². The lowest BCUT2D eigenvalue weighted by Gasteiger charge is -2.07. The van der Waals surface area contributed by atoms with Gasteiger partial charge in [-0.05, 0) is 36.4 Å². The van der Waals surface area contributed by atoms with Crippen LogP contribution in [0.2, 0.25) is 5.02 Å². The van der Waals surface area contributed by atoms with Crippen molar-refractivity contribution in [3.05, 3.63) is 33.7 Å². The van der Waals surface area contributed by atoms with E-state index in [2.05, 4.69) is 25.2 Å². The van der Waals surface area contributed by atoms with Crippen molar-refractivity contribution in [3.63, 3.8) is 0 Å². The van der Waals surface area contributed by atoms with Crippen LogP contribution in [0.4, 0.5) is 0 Å². The lowest BCUT2D eigenvalue weighted by molar-refractivity contribution is 0.645. The van der Waals surface area contributed by atoms with Crippen LogP contribution in [-0.4, -0.2) is 7.05 Å². The standard InChI is InChI=1S/C14H18ClNS/c1-9(2)7-11-10-5-4-6-12(15)14(10)17-13(11)8-16-3/h4-6,9,16H,7-8H2,1-3H3. The van der Waals surface area contributed by atoms with Gasteiger partial charge in [-0.3, -0.25) is 0 Å². The third-order valence-corrected chi connectivity index (χ3v) is 4.51. The summed E-state index contributed by atoms with van der Waals surface area (Å²) < 4.78 is 1.23. The van der Waals surface area contributed by atoms with Crippen molar-refractivity contribution < 1.29 is 0 Å². The van der Waals surface area contributed by atoms with E-state index in [1.807, 2.05) is 30.5 Å². The molecule has 92 valence electrons. The van der Waals surface area contributed by atoms with Gasteiger partial charge in [0.15, 0.2) is 0 Å². The van der Waals surface area contributed by atoms with Gasteiger partial charge >= 0.3 is 0 Å². The molecule has 0 aliphatic rings. The van der Waals surface area contributed by atoms with Crippen molar-refractivity contribution >= 4 is 33.0 Å². The highest BCUT2D eigenvalue weighted by Gasteiger charge is 2.14. The number of rotatable bonds is 4. The van der Waals surface area contributed by atoms with E-state index in [-0.39, 0.29) is 0 Å². The molecule has 0 saturated heterocycles. The topological polar surface area (TPSA) is 12.0 Å². The minimum absolute atomic E-state index is 0.669. The Balaban J connectivity index is 2.58. The molecule has 3 heteroatoms. The van der Waals surface area contributed by atoms with E-state index in [1.165, 1.54) is 20.5 Å². The SMILES string of the molecule is CNCc1sc2c(Cl)cccc2c1CC(C)C. The van der Waals surface area contributed by atoms with Gasteiger partial charge in [-0.25, -0.2) is 0 Å². The zero-order valence-electron chi connectivity index (χ0n) is 10.5. The zero-order chi connectivity index (χ0) is 12.4. The van der Waals surface area contributed by atoms with Gasteiger partial charge in [0, 0.05) is 11.4 Å². The summed E-state index contributed by atoms with van der Waals surface area (Å²) in [5, 5.41) is 5.45. The molecule has 0 amide bonds. The zero-order valence-corrected chi connectivity index (χ0v) is 12.1. The summed E-state index contributed by atoms with van der Waals surface area (Å²) in [6, 6.07) is 6.21. The molecule has 0 radical (unpaired) electrons. The molecular formula is C14H18ClNS. The highest BCUT2D eigenvalue weighted by Crippen LogP contribution is 2.37. The Morgan fingerprint density at radius 1 is 1.35 bits per heavy atom. The summed E-state index contributed by atoms with van der Waals surface area (Å²) in [6.45, 7) is 5.45. The van der Waals surface area contributed by atoms with Crippen LogP contribution in [0.1, 0.15) is 24.3 Å². The van der Waals surface area contributed by atoms with E-state index in [9.17, 15) is 0 Å². The highest BCUT2D eigenvalue weighted by molar-refractivity contribution is 7.20. The molecule has 0 aliphatic carbocycles. The van der Waals surface area contributed by atoms with Crippen LogP contribution in [-0.2, 0) is 13.0 Å². The lowest BCUT2D eigenvalue weighted by atomic mass is 10.00. The fourth-order valence-electron chi connectivity index (χ4n) is 2.12. The number of benzene rings is 1. The fraction of sp³-hybridized carbons (Fsp3) is 0.429. The van der Waals surface area contributed by atoms with Gasteiger partial charge < -0.3 is 5.32 Å². The van der Waals surface area contributed by atoms with Crippen LogP contribution in [0, 0.1) is 5.92 Å². The minimum atomic E-state index is 0.669. The number of hydrogen-bond acceptors (Lipinski definition) is 2. The second-order valence-electron chi connectivity index (χ2n) is 4.75. The van der Waals surface area contributed by atoms with E-state index in [0.717, 1.165) is 18.0 Å². The Morgan fingerprint density at radius 2 is 2.12 bits per heavy atom. The highest BCUT2D eigenvalue weighted by atomic mass is 35.5. The van der Waals surface area contributed by atoms with Gasteiger partial charge in [0.2, 0.25) is 0 Å². The predicted octanol–water partition coefficient (Wildman–Crippen LogP) is 4.47. The molecule has 0 saturated carbocycles. The maximum Gasteiger partial charge on any atom is 0.0584 e. The molecule has 0 fully saturated rings. The van der Waals surface area contributed by atoms with Gasteiger partial charge in [-0.1, -0.05) is 37.6 Å². The smallest absolute Gasteiger partial charge is 0.0584 e. The fourth-order valence-corrected chi connectivity index (χ4v) is 3.66. The number of halogens is 1. The number of hydrogen-bond donors (Lipinski definition) is 1. The molecule has 0 bridgehead atoms. The van der Waals surface area contributed by atoms with Crippen molar-refractivity contribution in [1.82, 2.24) is 5.32 Å². The molecule has 0 unspecified atom stereocenters. The Hall–Kier alpha value is -0.570. The number of thiophene rings is 1. The summed E-state index contributed by atoms with van der Waals surface area (Å²) in [4.78, 5) is 1.42. The van der Waals surface area contributed by atoms with E-state index >= 15 is 0 Å². The first-order valence-electron chi connectivity index (χ1n) is 5.96. The second kappa shape index (κ2) is 5.38. The number of fused-ring (bicyclic) bond motifs is 1. The van der Waals surface area contributed by atoms with Crippen molar-refractivity contribution in [2.24, 2.45) is 5.92 Å². The Bertz CT molecular complexity index is 516. The van der Waals surface area contributed by atoms with Crippen LogP contribution in [0.15, 0.2) is 18.2 Å². The van der Waals surface area contributed by atoms with E-state index in [0.29, 0.717) is 5.92 Å². The molecule has 17 heavy (non-hydrogen) atoms. The quantitative estimate of drug-likeness (QED) is 0.862. The summed E-state index contributed by atoms with van der Waals surface area (Å²) >= 11 is 8.09. The molecular weight excluding hydrogens is 250 g/mol. The Labute approximate surface area is 112 Å². The van der Waals surface area contributed by atoms with Gasteiger partial charge in [-0.2, -0.15) is 0 Å². The van der Waals surface area contributed by atoms with Gasteiger partial charge in [0.25, 0.3) is 0 Å². The van der Waals surface area contributed by atoms with Gasteiger partial charge in [-0.15, -0.1) is 11.3 Å². The molecule has 1 heterocycles. The summed E-state index contributed by atoms with van der Waals surface area (Å²) in [5.41, 5.74) is 1.47. The van der Waals surface area contributed by atoms with Crippen LogP contribution in [0.25, 0.3) is 10.1 Å². The largest absolute Gasteiger partial charge is 0.315 e. The van der Waals surface area contributed by atoms with Gasteiger partial charge in [0.1, 0.15) is 0 Å². The van der Waals surface area contributed by atoms with E-state index in [4.69, 9.17) is 11.6 Å². The molecule has 0 aliphatic heterocycles. The normalized spacial score (nSPS) is 11.6. The summed E-state index contributed by atoms with van der Waals surface area (Å²) in [5.74, 6) is 0.669. The van der Waals surface area contributed by atoms with Crippen molar-refractivity contribution in [3.8, 4) is 0 Å². The average Bonchev–Trinajstić information content (AvgIpc) is 2.59. The molecule has 2 rings (SSSR count). The third kappa shape index (κ3) is 2.65. The van der Waals surface area contributed by atoms with Crippen LogP contribution in [0.5, 0.6) is 0 Å². The first kappa shape index (κ1) is 12.9. The monoisotopic (exact) mass is 267 g/mol. The molecule has 1 aromatic heterocycles. The van der Waals surface area contributed by atoms with E-state index < -0.39 is 0 Å². The predicted molar refractivity (Wildman–Crippen MR) is 78.1 cm³/mol. The summed E-state index contributed by atoms with van der Waals surface area (Å²) in [7, 11) is 1.99. The Kier molecular flexibility index (Phi) is 4.08. The van der Waals surface area contributed by atoms with Gasteiger partial charge in [0.05, 0.1) is 9.72 Å². The van der Waals surface area contributed by atoms with Crippen LogP contribution in [0.3, 0.4) is 0 Å². The number of nitrogens with one attached hydrogen (secondary N) is 1. The van der Waals surface area contributed by atoms with Crippen LogP contribution < -0.4 is 5.32 Å². The lowest BCUT2D eigenvalue weighted by Crippen LogP contribution is -2.06. The van der Waals surface area contributed by atoms with Crippen molar-refractivity contribution in [2.75, 3.05) is 7.05 Å². The minimum Gasteiger partial charge on any atom is -0.315 e. The first-order valence-corrected chi connectivity index (χ1v) is 7.16. The molecule has 2 aromatic rings. The first-order chi connectivity index (χ1) is 8.13. The average molecular weight is 268 g/mol. The Morgan fingerprint density at radius 3 is 2.76 bits per heavy atom.